The van der Waals surface area contributed by atoms with Crippen molar-refractivity contribution >= 4 is 29.1 Å². The fourth-order valence-corrected chi connectivity index (χ4v) is 5.79. The van der Waals surface area contributed by atoms with E-state index in [0.717, 1.165) is 21.6 Å². The third-order valence-electron chi connectivity index (χ3n) is 7.74. The molecule has 0 bridgehead atoms. The van der Waals surface area contributed by atoms with Crippen molar-refractivity contribution in [1.29, 1.82) is 0 Å². The number of ether oxygens (including phenoxy) is 1. The summed E-state index contributed by atoms with van der Waals surface area (Å²) in [5.74, 6) is -4.36. The second-order valence-electron chi connectivity index (χ2n) is 9.62. The molecule has 35 heavy (non-hydrogen) atoms. The molecule has 2 heterocycles. The molecule has 3 aromatic rings. The van der Waals surface area contributed by atoms with Crippen LogP contribution in [0.5, 0.6) is 0 Å². The van der Waals surface area contributed by atoms with Crippen molar-refractivity contribution < 1.29 is 23.9 Å². The molecule has 3 atom stereocenters. The third-order valence-corrected chi connectivity index (χ3v) is 7.74. The monoisotopic (exact) mass is 465 g/mol. The van der Waals surface area contributed by atoms with Crippen LogP contribution >= 0.6 is 0 Å². The Bertz CT molecular complexity index is 1420. The molecule has 1 spiro atoms. The van der Waals surface area contributed by atoms with Gasteiger partial charge >= 0.3 is 0 Å². The number of nitrogens with zero attached hydrogens (tertiary/aromatic N) is 1. The summed E-state index contributed by atoms with van der Waals surface area (Å²) in [6.45, 7) is 5.70. The van der Waals surface area contributed by atoms with E-state index in [1.807, 2.05) is 51.1 Å². The number of carbonyl (C=O) groups is 4. The number of ketones is 2. The van der Waals surface area contributed by atoms with E-state index in [1.165, 1.54) is 0 Å². The standard InChI is InChI=1S/C29H23NO5/c1-15-11-13-18(14-12-15)24-22-23(28(34)30(27(22)33)21-10-6-7-16(2)17(21)3)29(35-24)25(31)19-8-4-5-9-20(19)26(29)32/h4-14,22-24H,1-3H3/t22-,23-,24+/m0/s1. The van der Waals surface area contributed by atoms with Gasteiger partial charge in [-0.3, -0.25) is 19.2 Å². The molecule has 0 N–H and O–H groups in total. The molecule has 6 heteroatoms. The molecule has 0 saturated carbocycles. The lowest BCUT2D eigenvalue weighted by molar-refractivity contribution is -0.127. The largest absolute Gasteiger partial charge is 0.349 e. The normalized spacial score (nSPS) is 24.4. The summed E-state index contributed by atoms with van der Waals surface area (Å²) in [5, 5.41) is 0. The highest BCUT2D eigenvalue weighted by Gasteiger charge is 2.74. The summed E-state index contributed by atoms with van der Waals surface area (Å²) in [4.78, 5) is 56.7. The molecule has 0 radical (unpaired) electrons. The second kappa shape index (κ2) is 7.30. The smallest absolute Gasteiger partial charge is 0.241 e. The highest BCUT2D eigenvalue weighted by Crippen LogP contribution is 2.57. The first kappa shape index (κ1) is 21.6. The Morgan fingerprint density at radius 3 is 2.00 bits per heavy atom. The maximum absolute atomic E-state index is 14.0. The maximum atomic E-state index is 14.0. The highest BCUT2D eigenvalue weighted by molar-refractivity contribution is 6.37. The Morgan fingerprint density at radius 2 is 1.37 bits per heavy atom. The maximum Gasteiger partial charge on any atom is 0.241 e. The van der Waals surface area contributed by atoms with E-state index in [2.05, 4.69) is 0 Å². The molecule has 3 aliphatic rings. The average Bonchev–Trinajstić information content (AvgIpc) is 3.42. The van der Waals surface area contributed by atoms with Crippen LogP contribution in [-0.4, -0.2) is 29.0 Å². The topological polar surface area (TPSA) is 80.8 Å². The molecular formula is C29H23NO5. The molecule has 6 rings (SSSR count). The molecular weight excluding hydrogens is 442 g/mol. The van der Waals surface area contributed by atoms with Gasteiger partial charge in [0.2, 0.25) is 29.0 Å². The number of hydrogen-bond acceptors (Lipinski definition) is 5. The van der Waals surface area contributed by atoms with Gasteiger partial charge in [-0.25, -0.2) is 4.90 Å². The molecule has 0 unspecified atom stereocenters. The lowest BCUT2D eigenvalue weighted by Crippen LogP contribution is -2.51. The van der Waals surface area contributed by atoms with Crippen LogP contribution in [0.15, 0.2) is 66.7 Å². The zero-order chi connectivity index (χ0) is 24.6. The molecule has 6 nitrogen and oxygen atoms in total. The van der Waals surface area contributed by atoms with Crippen LogP contribution in [0.3, 0.4) is 0 Å². The molecule has 174 valence electrons. The Labute approximate surface area is 202 Å². The van der Waals surface area contributed by atoms with E-state index in [-0.39, 0.29) is 11.1 Å². The molecule has 1 aliphatic carbocycles. The number of carbonyl (C=O) groups excluding carboxylic acids is 4. The van der Waals surface area contributed by atoms with Crippen LogP contribution in [-0.2, 0) is 14.3 Å². The van der Waals surface area contributed by atoms with Gasteiger partial charge in [-0.2, -0.15) is 0 Å². The zero-order valence-electron chi connectivity index (χ0n) is 19.6. The van der Waals surface area contributed by atoms with Gasteiger partial charge in [-0.15, -0.1) is 0 Å². The van der Waals surface area contributed by atoms with Gasteiger partial charge in [0.05, 0.1) is 23.6 Å². The number of fused-ring (bicyclic) bond motifs is 3. The average molecular weight is 466 g/mol. The number of rotatable bonds is 2. The number of benzene rings is 3. The van der Waals surface area contributed by atoms with Crippen molar-refractivity contribution in [2.75, 3.05) is 4.90 Å². The number of hydrogen-bond donors (Lipinski definition) is 0. The molecule has 2 amide bonds. The van der Waals surface area contributed by atoms with Crippen molar-refractivity contribution in [2.45, 2.75) is 32.5 Å². The van der Waals surface area contributed by atoms with Gasteiger partial charge in [0.25, 0.3) is 0 Å². The van der Waals surface area contributed by atoms with Gasteiger partial charge < -0.3 is 4.74 Å². The zero-order valence-corrected chi connectivity index (χ0v) is 19.6. The first-order valence-corrected chi connectivity index (χ1v) is 11.6. The predicted octanol–water partition coefficient (Wildman–Crippen LogP) is 4.31. The van der Waals surface area contributed by atoms with Crippen LogP contribution in [0.25, 0.3) is 0 Å². The quantitative estimate of drug-likeness (QED) is 0.416. The van der Waals surface area contributed by atoms with Gasteiger partial charge in [-0.05, 0) is 43.5 Å². The molecule has 2 saturated heterocycles. The lowest BCUT2D eigenvalue weighted by atomic mass is 9.77. The molecule has 3 aromatic carbocycles. The Balaban J connectivity index is 1.56. The summed E-state index contributed by atoms with van der Waals surface area (Å²) < 4.78 is 6.32. The number of amides is 2. The molecule has 2 fully saturated rings. The van der Waals surface area contributed by atoms with Gasteiger partial charge in [0, 0.05) is 11.1 Å². The van der Waals surface area contributed by atoms with E-state index in [0.29, 0.717) is 11.3 Å². The second-order valence-corrected chi connectivity index (χ2v) is 9.62. The summed E-state index contributed by atoms with van der Waals surface area (Å²) in [6, 6.07) is 19.3. The first-order chi connectivity index (χ1) is 16.8. The van der Waals surface area contributed by atoms with Crippen molar-refractivity contribution in [3.63, 3.8) is 0 Å². The Hall–Kier alpha value is -3.90. The van der Waals surface area contributed by atoms with E-state index in [9.17, 15) is 19.2 Å². The van der Waals surface area contributed by atoms with Crippen LogP contribution in [0, 0.1) is 32.6 Å². The SMILES string of the molecule is Cc1ccc([C@H]2OC3(C(=O)c4ccccc4C3=O)[C@@H]3C(=O)N(c4cccc(C)c4C)C(=O)[C@H]23)cc1. The van der Waals surface area contributed by atoms with Crippen LogP contribution in [0.1, 0.15) is 49.1 Å². The first-order valence-electron chi connectivity index (χ1n) is 11.6. The Kier molecular flexibility index (Phi) is 4.51. The molecule has 0 aromatic heterocycles. The predicted molar refractivity (Wildman–Crippen MR) is 128 cm³/mol. The number of Topliss-reactive ketones (excluding diaryl/α,β-unsaturated/α-hetero) is 2. The van der Waals surface area contributed by atoms with Crippen LogP contribution in [0.4, 0.5) is 5.69 Å². The van der Waals surface area contributed by atoms with Gasteiger partial charge in [-0.1, -0.05) is 66.2 Å². The summed E-state index contributed by atoms with van der Waals surface area (Å²) in [6.07, 6.45) is -0.908. The summed E-state index contributed by atoms with van der Waals surface area (Å²) in [7, 11) is 0. The fourth-order valence-electron chi connectivity index (χ4n) is 5.79. The summed E-state index contributed by atoms with van der Waals surface area (Å²) >= 11 is 0. The van der Waals surface area contributed by atoms with Gasteiger partial charge in [0.1, 0.15) is 0 Å². The van der Waals surface area contributed by atoms with E-state index < -0.39 is 46.9 Å². The third kappa shape index (κ3) is 2.68. The van der Waals surface area contributed by atoms with E-state index in [1.54, 1.807) is 36.4 Å². The lowest BCUT2D eigenvalue weighted by Gasteiger charge is -2.28. The van der Waals surface area contributed by atoms with E-state index >= 15 is 0 Å². The van der Waals surface area contributed by atoms with Crippen LogP contribution in [0.2, 0.25) is 0 Å². The fraction of sp³-hybridized carbons (Fsp3) is 0.241. The van der Waals surface area contributed by atoms with Gasteiger partial charge in [0.15, 0.2) is 0 Å². The van der Waals surface area contributed by atoms with Crippen molar-refractivity contribution in [3.8, 4) is 0 Å². The van der Waals surface area contributed by atoms with Crippen molar-refractivity contribution in [3.05, 3.63) is 100 Å². The van der Waals surface area contributed by atoms with Crippen LogP contribution < -0.4 is 4.90 Å². The minimum atomic E-state index is -2.05. The minimum absolute atomic E-state index is 0.228. The minimum Gasteiger partial charge on any atom is -0.349 e. The van der Waals surface area contributed by atoms with E-state index in [4.69, 9.17) is 4.74 Å². The van der Waals surface area contributed by atoms with Crippen molar-refractivity contribution in [2.24, 2.45) is 11.8 Å². The Morgan fingerprint density at radius 1 is 0.743 bits per heavy atom. The van der Waals surface area contributed by atoms with Crippen molar-refractivity contribution in [1.82, 2.24) is 0 Å². The number of imide groups is 1. The summed E-state index contributed by atoms with van der Waals surface area (Å²) in [5.41, 5.74) is 2.28. The number of anilines is 1. The highest BCUT2D eigenvalue weighted by atomic mass is 16.5. The molecule has 2 aliphatic heterocycles. The number of aryl methyl sites for hydroxylation is 2.